The first-order valence-electron chi connectivity index (χ1n) is 11.6. The maximum Gasteiger partial charge on any atom is 0.224 e. The van der Waals surface area contributed by atoms with Crippen LogP contribution >= 0.6 is 0 Å². The number of aromatic nitrogens is 4. The lowest BCUT2D eigenvalue weighted by molar-refractivity contribution is -0.126. The van der Waals surface area contributed by atoms with Crippen LogP contribution < -0.4 is 11.1 Å². The van der Waals surface area contributed by atoms with Crippen LogP contribution in [0.1, 0.15) is 24.5 Å². The number of aliphatic imine (C=N–C) groups is 1. The molecule has 186 valence electrons. The van der Waals surface area contributed by atoms with Crippen LogP contribution in [0.3, 0.4) is 0 Å². The lowest BCUT2D eigenvalue weighted by Gasteiger charge is -2.18. The molecule has 1 amide bonds. The van der Waals surface area contributed by atoms with Gasteiger partial charge in [0.15, 0.2) is 11.6 Å². The summed E-state index contributed by atoms with van der Waals surface area (Å²) >= 11 is 0. The van der Waals surface area contributed by atoms with Crippen molar-refractivity contribution in [3.05, 3.63) is 59.9 Å². The highest BCUT2D eigenvalue weighted by Gasteiger charge is 2.28. The van der Waals surface area contributed by atoms with Crippen LogP contribution in [0.15, 0.2) is 48.0 Å². The Labute approximate surface area is 206 Å². The second-order valence-corrected chi connectivity index (χ2v) is 9.00. The van der Waals surface area contributed by atoms with Crippen molar-refractivity contribution in [1.29, 1.82) is 0 Å². The van der Waals surface area contributed by atoms with Gasteiger partial charge < -0.3 is 21.1 Å². The SMILES string of the molecule is CCc1cc(O)c(F)cc1/N=C(\N)c1cnn2cc(-c3cnn(C)c3)cc2c1N[C@H]1CC(=O)N(C)C1. The van der Waals surface area contributed by atoms with Crippen molar-refractivity contribution >= 4 is 28.6 Å². The molecule has 1 saturated heterocycles. The molecule has 3 aromatic heterocycles. The molecule has 10 nitrogen and oxygen atoms in total. The fraction of sp³-hybridized carbons (Fsp3) is 0.280. The molecular formula is C25H27FN8O2. The molecule has 1 atom stereocenters. The lowest BCUT2D eigenvalue weighted by Crippen LogP contribution is -2.26. The fourth-order valence-corrected chi connectivity index (χ4v) is 4.47. The zero-order valence-corrected chi connectivity index (χ0v) is 20.2. The van der Waals surface area contributed by atoms with Crippen molar-refractivity contribution in [2.45, 2.75) is 25.8 Å². The number of hydrogen-bond acceptors (Lipinski definition) is 6. The molecule has 0 radical (unpaired) electrons. The van der Waals surface area contributed by atoms with Crippen molar-refractivity contribution in [3.63, 3.8) is 0 Å². The van der Waals surface area contributed by atoms with Gasteiger partial charge in [0, 0.05) is 56.6 Å². The molecule has 0 saturated carbocycles. The van der Waals surface area contributed by atoms with Gasteiger partial charge in [0.2, 0.25) is 5.91 Å². The molecule has 36 heavy (non-hydrogen) atoms. The van der Waals surface area contributed by atoms with E-state index in [1.54, 1.807) is 33.5 Å². The minimum Gasteiger partial charge on any atom is -0.505 e. The number of aromatic hydroxyl groups is 1. The number of amides is 1. The first-order chi connectivity index (χ1) is 17.2. The second kappa shape index (κ2) is 8.99. The van der Waals surface area contributed by atoms with E-state index in [0.29, 0.717) is 41.9 Å². The molecule has 5 rings (SSSR count). The van der Waals surface area contributed by atoms with Crippen molar-refractivity contribution in [3.8, 4) is 16.9 Å². The Morgan fingerprint density at radius 1 is 1.22 bits per heavy atom. The van der Waals surface area contributed by atoms with Crippen molar-refractivity contribution in [2.24, 2.45) is 17.8 Å². The third kappa shape index (κ3) is 4.23. The Kier molecular flexibility index (Phi) is 5.83. The number of benzene rings is 1. The Balaban J connectivity index is 1.63. The highest BCUT2D eigenvalue weighted by molar-refractivity contribution is 6.06. The Morgan fingerprint density at radius 2 is 2.03 bits per heavy atom. The van der Waals surface area contributed by atoms with Crippen LogP contribution in [0.2, 0.25) is 0 Å². The first kappa shape index (κ1) is 23.3. The Bertz CT molecular complexity index is 1510. The molecule has 1 aliphatic rings. The number of nitrogens with zero attached hydrogens (tertiary/aromatic N) is 6. The molecular weight excluding hydrogens is 463 g/mol. The summed E-state index contributed by atoms with van der Waals surface area (Å²) in [5, 5.41) is 22.0. The maximum atomic E-state index is 14.1. The monoisotopic (exact) mass is 490 g/mol. The predicted octanol–water partition coefficient (Wildman–Crippen LogP) is 2.82. The van der Waals surface area contributed by atoms with Crippen LogP contribution in [-0.4, -0.2) is 60.8 Å². The van der Waals surface area contributed by atoms with E-state index in [9.17, 15) is 14.3 Å². The number of phenolic OH excluding ortho intramolecular Hbond substituents is 1. The summed E-state index contributed by atoms with van der Waals surface area (Å²) in [4.78, 5) is 18.4. The molecule has 0 aliphatic carbocycles. The molecule has 1 aromatic carbocycles. The quantitative estimate of drug-likeness (QED) is 0.282. The van der Waals surface area contributed by atoms with E-state index in [1.165, 1.54) is 12.1 Å². The molecule has 11 heteroatoms. The number of fused-ring (bicyclic) bond motifs is 1. The van der Waals surface area contributed by atoms with Gasteiger partial charge in [0.1, 0.15) is 5.84 Å². The number of nitrogens with two attached hydrogens (primary N) is 1. The number of aryl methyl sites for hydroxylation is 2. The van der Waals surface area contributed by atoms with E-state index in [-0.39, 0.29) is 17.8 Å². The molecule has 4 N–H and O–H groups in total. The number of likely N-dealkylation sites (tertiary alicyclic amines) is 1. The number of hydrogen-bond donors (Lipinski definition) is 3. The number of carbonyl (C=O) groups is 1. The van der Waals surface area contributed by atoms with Crippen molar-refractivity contribution in [2.75, 3.05) is 18.9 Å². The zero-order chi connectivity index (χ0) is 25.6. The summed E-state index contributed by atoms with van der Waals surface area (Å²) < 4.78 is 17.6. The number of likely N-dealkylation sites (N-methyl/N-ethyl adjacent to an activating group) is 1. The van der Waals surface area contributed by atoms with Gasteiger partial charge in [0.25, 0.3) is 0 Å². The number of carbonyl (C=O) groups excluding carboxylic acids is 1. The number of anilines is 1. The highest BCUT2D eigenvalue weighted by atomic mass is 19.1. The van der Waals surface area contributed by atoms with Crippen LogP contribution in [0.5, 0.6) is 5.75 Å². The summed E-state index contributed by atoms with van der Waals surface area (Å²) in [6.07, 6.45) is 8.06. The normalized spacial score (nSPS) is 16.3. The minimum atomic E-state index is -0.772. The molecule has 1 fully saturated rings. The number of amidine groups is 1. The van der Waals surface area contributed by atoms with E-state index in [2.05, 4.69) is 20.5 Å². The van der Waals surface area contributed by atoms with E-state index >= 15 is 0 Å². The van der Waals surface area contributed by atoms with E-state index in [1.807, 2.05) is 32.4 Å². The van der Waals surface area contributed by atoms with Gasteiger partial charge >= 0.3 is 0 Å². The lowest BCUT2D eigenvalue weighted by atomic mass is 10.1. The third-order valence-electron chi connectivity index (χ3n) is 6.41. The van der Waals surface area contributed by atoms with Gasteiger partial charge in [0.05, 0.1) is 40.9 Å². The standard InChI is InChI=1S/C25H27FN8O2/c1-4-14-6-22(35)19(26)8-20(14)31-25(27)18-10-29-34-12-15(16-9-28-33(3)11-16)5-21(34)24(18)30-17-7-23(36)32(2)13-17/h5-6,8-12,17,30,35H,4,7,13H2,1-3H3,(H2,27,31)/t17-/m0/s1. The first-order valence-corrected chi connectivity index (χ1v) is 11.6. The van der Waals surface area contributed by atoms with Crippen molar-refractivity contribution in [1.82, 2.24) is 24.3 Å². The number of rotatable bonds is 6. The van der Waals surface area contributed by atoms with Crippen LogP contribution in [0.25, 0.3) is 16.6 Å². The van der Waals surface area contributed by atoms with Gasteiger partial charge in [-0.1, -0.05) is 6.92 Å². The summed E-state index contributed by atoms with van der Waals surface area (Å²) in [7, 11) is 3.62. The Hall–Kier alpha value is -4.41. The zero-order valence-electron chi connectivity index (χ0n) is 20.2. The number of phenols is 1. The second-order valence-electron chi connectivity index (χ2n) is 9.00. The minimum absolute atomic E-state index is 0.0550. The van der Waals surface area contributed by atoms with Crippen molar-refractivity contribution < 1.29 is 14.3 Å². The number of halogens is 1. The topological polar surface area (TPSA) is 126 Å². The Morgan fingerprint density at radius 3 is 2.69 bits per heavy atom. The maximum absolute atomic E-state index is 14.1. The van der Waals surface area contributed by atoms with Gasteiger partial charge in [-0.3, -0.25) is 9.48 Å². The molecule has 4 aromatic rings. The summed E-state index contributed by atoms with van der Waals surface area (Å²) in [5.74, 6) is -1.01. The molecule has 0 unspecified atom stereocenters. The van der Waals surface area contributed by atoms with E-state index in [0.717, 1.165) is 16.6 Å². The van der Waals surface area contributed by atoms with E-state index < -0.39 is 11.6 Å². The summed E-state index contributed by atoms with van der Waals surface area (Å²) in [6.45, 7) is 2.43. The predicted molar refractivity (Wildman–Crippen MR) is 135 cm³/mol. The summed E-state index contributed by atoms with van der Waals surface area (Å²) in [5.41, 5.74) is 11.2. The smallest absolute Gasteiger partial charge is 0.224 e. The molecule has 4 heterocycles. The van der Waals surface area contributed by atoms with E-state index in [4.69, 9.17) is 5.73 Å². The van der Waals surface area contributed by atoms with Gasteiger partial charge in [-0.05, 0) is 24.1 Å². The molecule has 1 aliphatic heterocycles. The molecule has 0 bridgehead atoms. The summed E-state index contributed by atoms with van der Waals surface area (Å²) in [6, 6.07) is 4.37. The molecule has 0 spiro atoms. The van der Waals surface area contributed by atoms with Crippen LogP contribution in [0, 0.1) is 5.82 Å². The van der Waals surface area contributed by atoms with Crippen LogP contribution in [-0.2, 0) is 18.3 Å². The van der Waals surface area contributed by atoms with Gasteiger partial charge in [-0.25, -0.2) is 13.9 Å². The average Bonchev–Trinajstić information content (AvgIpc) is 3.54. The highest BCUT2D eigenvalue weighted by Crippen LogP contribution is 2.32. The fourth-order valence-electron chi connectivity index (χ4n) is 4.47. The van der Waals surface area contributed by atoms with Gasteiger partial charge in [-0.15, -0.1) is 0 Å². The van der Waals surface area contributed by atoms with Gasteiger partial charge in [-0.2, -0.15) is 10.2 Å². The third-order valence-corrected chi connectivity index (χ3v) is 6.41. The largest absolute Gasteiger partial charge is 0.505 e. The van der Waals surface area contributed by atoms with Crippen LogP contribution in [0.4, 0.5) is 15.8 Å². The average molecular weight is 491 g/mol. The number of nitrogens with one attached hydrogen (secondary N) is 1.